The number of aliphatic carboxylic acids is 1. The van der Waals surface area contributed by atoms with E-state index in [0.717, 1.165) is 128 Å². The van der Waals surface area contributed by atoms with Gasteiger partial charge in [-0.25, -0.2) is 4.79 Å². The van der Waals surface area contributed by atoms with Gasteiger partial charge in [0.2, 0.25) is 0 Å². The van der Waals surface area contributed by atoms with E-state index in [2.05, 4.69) is 118 Å². The lowest BCUT2D eigenvalue weighted by molar-refractivity contribution is -0.301. The van der Waals surface area contributed by atoms with Crippen LogP contribution in [0, 0.1) is 0 Å². The second-order valence-electron chi connectivity index (χ2n) is 21.7. The maximum atomic E-state index is 13.2. The Labute approximate surface area is 492 Å². The Hall–Kier alpha value is -4.36. The molecule has 0 spiro atoms. The maximum absolute atomic E-state index is 13.2. The van der Waals surface area contributed by atoms with Gasteiger partial charge < -0.3 is 39.0 Å². The highest BCUT2D eigenvalue weighted by molar-refractivity contribution is 5.74. The highest BCUT2D eigenvalue weighted by Gasteiger charge is 2.50. The van der Waals surface area contributed by atoms with Crippen molar-refractivity contribution in [3.05, 3.63) is 97.2 Å². The predicted molar refractivity (Wildman–Crippen MR) is 331 cm³/mol. The maximum Gasteiger partial charge on any atom is 0.335 e. The number of carbonyl (C=O) groups is 4. The lowest BCUT2D eigenvalue weighted by atomic mass is 9.98. The van der Waals surface area contributed by atoms with Gasteiger partial charge in [0.15, 0.2) is 24.6 Å². The van der Waals surface area contributed by atoms with E-state index in [-0.39, 0.29) is 25.9 Å². The second-order valence-corrected chi connectivity index (χ2v) is 21.7. The van der Waals surface area contributed by atoms with Crippen LogP contribution in [-0.2, 0) is 42.9 Å². The van der Waals surface area contributed by atoms with Crippen LogP contribution in [0.15, 0.2) is 97.2 Å². The van der Waals surface area contributed by atoms with Crippen molar-refractivity contribution in [3.8, 4) is 0 Å². The Bertz CT molecular complexity index is 1780. The number of rotatable bonds is 54. The number of aliphatic hydroxyl groups is 2. The summed E-state index contributed by atoms with van der Waals surface area (Å²) < 4.78 is 28.5. The van der Waals surface area contributed by atoms with E-state index < -0.39 is 67.3 Å². The van der Waals surface area contributed by atoms with E-state index in [1.165, 1.54) is 77.0 Å². The summed E-state index contributed by atoms with van der Waals surface area (Å²) >= 11 is 0. The van der Waals surface area contributed by atoms with E-state index in [9.17, 15) is 34.5 Å². The molecule has 0 saturated carbocycles. The monoisotopic (exact) mass is 1130 g/mol. The smallest absolute Gasteiger partial charge is 0.335 e. The Morgan fingerprint density at radius 1 is 0.420 bits per heavy atom. The van der Waals surface area contributed by atoms with Gasteiger partial charge in [0, 0.05) is 19.3 Å². The summed E-state index contributed by atoms with van der Waals surface area (Å²) in [6, 6.07) is 0. The molecule has 12 nitrogen and oxygen atoms in total. The lowest BCUT2D eigenvalue weighted by Crippen LogP contribution is -2.61. The zero-order chi connectivity index (χ0) is 58.9. The van der Waals surface area contributed by atoms with E-state index in [4.69, 9.17) is 23.7 Å². The molecule has 6 unspecified atom stereocenters. The van der Waals surface area contributed by atoms with Gasteiger partial charge >= 0.3 is 23.9 Å². The fourth-order valence-electron chi connectivity index (χ4n) is 9.18. The normalized spacial score (nSPS) is 18.4. The first-order chi connectivity index (χ1) is 39.6. The van der Waals surface area contributed by atoms with Crippen molar-refractivity contribution in [1.29, 1.82) is 0 Å². The van der Waals surface area contributed by atoms with Gasteiger partial charge in [-0.1, -0.05) is 221 Å². The summed E-state index contributed by atoms with van der Waals surface area (Å²) in [6.45, 7) is 5.82. The Morgan fingerprint density at radius 3 is 1.23 bits per heavy atom. The van der Waals surface area contributed by atoms with Gasteiger partial charge in [0.25, 0.3) is 0 Å². The second kappa shape index (κ2) is 56.1. The van der Waals surface area contributed by atoms with Crippen LogP contribution in [0.3, 0.4) is 0 Å². The zero-order valence-electron chi connectivity index (χ0n) is 51.0. The highest BCUT2D eigenvalue weighted by Crippen LogP contribution is 2.26. The minimum absolute atomic E-state index is 0.0432. The molecule has 0 aromatic rings. The predicted octanol–water partition coefficient (Wildman–Crippen LogP) is 17.2. The molecule has 0 aromatic carbocycles. The molecule has 462 valence electrons. The minimum Gasteiger partial charge on any atom is -0.479 e. The number of hydrogen-bond donors (Lipinski definition) is 3. The largest absolute Gasteiger partial charge is 0.479 e. The Balaban J connectivity index is 2.69. The number of allylic oxidation sites excluding steroid dienone is 16. The van der Waals surface area contributed by atoms with Crippen LogP contribution in [0.1, 0.15) is 265 Å². The third-order valence-electron chi connectivity index (χ3n) is 14.1. The van der Waals surface area contributed by atoms with Crippen LogP contribution in [0.25, 0.3) is 0 Å². The first-order valence-corrected chi connectivity index (χ1v) is 32.2. The molecule has 1 aliphatic rings. The average molecular weight is 1140 g/mol. The van der Waals surface area contributed by atoms with Crippen molar-refractivity contribution in [3.63, 3.8) is 0 Å². The first kappa shape index (κ1) is 74.7. The highest BCUT2D eigenvalue weighted by atomic mass is 16.7. The number of hydrogen-bond acceptors (Lipinski definition) is 11. The minimum atomic E-state index is -1.91. The summed E-state index contributed by atoms with van der Waals surface area (Å²) in [5, 5.41) is 31.5. The van der Waals surface area contributed by atoms with Crippen molar-refractivity contribution in [1.82, 2.24) is 0 Å². The van der Waals surface area contributed by atoms with Gasteiger partial charge in [-0.2, -0.15) is 0 Å². The van der Waals surface area contributed by atoms with Crippen molar-refractivity contribution < 1.29 is 58.2 Å². The molecule has 0 amide bonds. The quantitative estimate of drug-likeness (QED) is 0.0228. The third-order valence-corrected chi connectivity index (χ3v) is 14.1. The van der Waals surface area contributed by atoms with Crippen LogP contribution < -0.4 is 0 Å². The number of carboxylic acid groups (broad SMARTS) is 1. The molecule has 1 aliphatic heterocycles. The van der Waals surface area contributed by atoms with Crippen LogP contribution in [0.4, 0.5) is 0 Å². The van der Waals surface area contributed by atoms with Crippen molar-refractivity contribution in [2.24, 2.45) is 0 Å². The molecule has 0 aromatic heterocycles. The number of esters is 3. The van der Waals surface area contributed by atoms with Crippen LogP contribution >= 0.6 is 0 Å². The molecule has 81 heavy (non-hydrogen) atoms. The summed E-state index contributed by atoms with van der Waals surface area (Å²) in [5.74, 6) is -3.18. The van der Waals surface area contributed by atoms with Gasteiger partial charge in [-0.05, 0) is 122 Å². The summed E-state index contributed by atoms with van der Waals surface area (Å²) in [6.07, 6.45) is 62.2. The number of ether oxygens (including phenoxy) is 5. The molecule has 12 heteroatoms. The Morgan fingerprint density at radius 2 is 0.778 bits per heavy atom. The molecule has 0 aliphatic carbocycles. The standard InChI is InChI=1S/C69H114O12/c1-4-7-10-13-16-19-22-25-27-29-31-33-35-38-40-43-46-49-52-55-61(70)77-58-60(79-62(71)56-53-50-47-44-42-39-36-34-32-30-28-26-23-20-17-14-11-8-5-2)59-78-69-67(65(74)64(73)66(81-69)68(75)76)80-63(72)57-54-51-48-45-41-37-24-21-18-15-12-9-6-3/h7,10,16-17,19-21,24-28,31,33,38,40,60,64-67,69,73-74H,4-6,8-9,11-15,18,22-23,29-30,32,34-37,39,41-59H2,1-3H3,(H,75,76)/b10-7-,19-16-,20-17-,24-21-,27-25-,28-26-,33-31-,40-38-. The van der Waals surface area contributed by atoms with Gasteiger partial charge in [0.1, 0.15) is 18.8 Å². The fraction of sp³-hybridized carbons (Fsp3) is 0.710. The molecule has 1 rings (SSSR count). The molecule has 0 bridgehead atoms. The molecule has 0 radical (unpaired) electrons. The molecule has 1 saturated heterocycles. The molecule has 1 fully saturated rings. The molecular formula is C69H114O12. The van der Waals surface area contributed by atoms with Crippen LogP contribution in [-0.4, -0.2) is 89.2 Å². The zero-order valence-corrected chi connectivity index (χ0v) is 51.0. The third kappa shape index (κ3) is 45.8. The topological polar surface area (TPSA) is 175 Å². The van der Waals surface area contributed by atoms with E-state index >= 15 is 0 Å². The summed E-state index contributed by atoms with van der Waals surface area (Å²) in [5.41, 5.74) is 0. The van der Waals surface area contributed by atoms with E-state index in [1.54, 1.807) is 0 Å². The number of carbonyl (C=O) groups excluding carboxylic acids is 3. The lowest BCUT2D eigenvalue weighted by Gasteiger charge is -2.40. The van der Waals surface area contributed by atoms with Crippen molar-refractivity contribution in [2.75, 3.05) is 13.2 Å². The van der Waals surface area contributed by atoms with E-state index in [0.29, 0.717) is 19.3 Å². The summed E-state index contributed by atoms with van der Waals surface area (Å²) in [4.78, 5) is 51.3. The SMILES string of the molecule is CC/C=C\C/C=C\C/C=C\C/C=C\C/C=C\CCCCCC(=O)OCC(COC1OC(C(=O)O)C(O)C(O)C1OC(=O)CCCCCCC/C=C\CCCCCC)OC(=O)CCCCCCCCCCC/C=C\C/C=C\CCCCC. The average Bonchev–Trinajstić information content (AvgIpc) is 3.46. The van der Waals surface area contributed by atoms with E-state index in [1.807, 2.05) is 0 Å². The number of carboxylic acids is 1. The van der Waals surface area contributed by atoms with Crippen LogP contribution in [0.5, 0.6) is 0 Å². The molecule has 1 heterocycles. The van der Waals surface area contributed by atoms with Gasteiger partial charge in [-0.15, -0.1) is 0 Å². The first-order valence-electron chi connectivity index (χ1n) is 32.2. The van der Waals surface area contributed by atoms with Crippen molar-refractivity contribution >= 4 is 23.9 Å². The van der Waals surface area contributed by atoms with Gasteiger partial charge in [0.05, 0.1) is 6.61 Å². The Kier molecular flexibility index (Phi) is 51.7. The fourth-order valence-corrected chi connectivity index (χ4v) is 9.18. The summed E-state index contributed by atoms with van der Waals surface area (Å²) in [7, 11) is 0. The molecule has 6 atom stereocenters. The number of aliphatic hydroxyl groups excluding tert-OH is 2. The van der Waals surface area contributed by atoms with Crippen molar-refractivity contribution in [2.45, 2.75) is 302 Å². The molecular weight excluding hydrogens is 1020 g/mol. The molecule has 3 N–H and O–H groups in total. The van der Waals surface area contributed by atoms with Gasteiger partial charge in [-0.3, -0.25) is 14.4 Å². The number of unbranched alkanes of at least 4 members (excludes halogenated alkanes) is 24. The van der Waals surface area contributed by atoms with Crippen LogP contribution in [0.2, 0.25) is 0 Å².